The van der Waals surface area contributed by atoms with Crippen LogP contribution >= 0.6 is 0 Å². The highest BCUT2D eigenvalue weighted by Crippen LogP contribution is 2.22. The minimum atomic E-state index is 0.0444. The number of carbonyl (C=O) groups excluding carboxylic acids is 1. The highest BCUT2D eigenvalue weighted by atomic mass is 16.3. The molecular weight excluding hydrogens is 264 g/mol. The Labute approximate surface area is 126 Å². The summed E-state index contributed by atoms with van der Waals surface area (Å²) in [6.07, 6.45) is 6.16. The Hall–Kier alpha value is -1.55. The molecule has 0 aromatic heterocycles. The van der Waals surface area contributed by atoms with Gasteiger partial charge in [0.15, 0.2) is 0 Å². The van der Waals surface area contributed by atoms with Crippen LogP contribution in [0.5, 0.6) is 5.75 Å². The van der Waals surface area contributed by atoms with Gasteiger partial charge in [-0.05, 0) is 57.0 Å². The van der Waals surface area contributed by atoms with Crippen molar-refractivity contribution >= 4 is 5.91 Å². The van der Waals surface area contributed by atoms with Gasteiger partial charge in [0.1, 0.15) is 5.75 Å². The van der Waals surface area contributed by atoms with Crippen molar-refractivity contribution < 1.29 is 9.90 Å². The molecule has 1 aromatic rings. The van der Waals surface area contributed by atoms with E-state index in [-0.39, 0.29) is 11.7 Å². The van der Waals surface area contributed by atoms with Crippen LogP contribution in [-0.2, 0) is 0 Å². The van der Waals surface area contributed by atoms with Gasteiger partial charge in [0.05, 0.1) is 0 Å². The zero-order valence-corrected chi connectivity index (χ0v) is 12.5. The third kappa shape index (κ3) is 3.38. The number of benzene rings is 1. The second kappa shape index (κ2) is 6.48. The summed E-state index contributed by atoms with van der Waals surface area (Å²) in [6.45, 7) is 4.11. The average Bonchev–Trinajstić information content (AvgIpc) is 2.55. The highest BCUT2D eigenvalue weighted by molar-refractivity contribution is 5.94. The predicted octanol–water partition coefficient (Wildman–Crippen LogP) is 2.48. The largest absolute Gasteiger partial charge is 0.508 e. The molecule has 3 rings (SSSR count). The third-order valence-electron chi connectivity index (χ3n) is 4.75. The van der Waals surface area contributed by atoms with E-state index >= 15 is 0 Å². The average molecular weight is 288 g/mol. The van der Waals surface area contributed by atoms with E-state index in [2.05, 4.69) is 4.90 Å². The van der Waals surface area contributed by atoms with Crippen LogP contribution in [0.4, 0.5) is 0 Å². The molecule has 2 aliphatic rings. The maximum absolute atomic E-state index is 12.4. The molecule has 2 heterocycles. The maximum Gasteiger partial charge on any atom is 0.253 e. The van der Waals surface area contributed by atoms with Crippen LogP contribution in [0.1, 0.15) is 42.5 Å². The van der Waals surface area contributed by atoms with Gasteiger partial charge in [-0.25, -0.2) is 0 Å². The first-order chi connectivity index (χ1) is 10.2. The number of aromatic hydroxyl groups is 1. The van der Waals surface area contributed by atoms with Crippen LogP contribution in [-0.4, -0.2) is 53.0 Å². The Morgan fingerprint density at radius 3 is 2.43 bits per heavy atom. The van der Waals surface area contributed by atoms with Gasteiger partial charge in [0.25, 0.3) is 5.91 Å². The van der Waals surface area contributed by atoms with Gasteiger partial charge >= 0.3 is 0 Å². The lowest BCUT2D eigenvalue weighted by molar-refractivity contribution is 0.0589. The number of likely N-dealkylation sites (tertiary alicyclic amines) is 2. The number of hydrogen-bond donors (Lipinski definition) is 1. The Kier molecular flexibility index (Phi) is 4.44. The Morgan fingerprint density at radius 2 is 1.76 bits per heavy atom. The van der Waals surface area contributed by atoms with Crippen LogP contribution in [0, 0.1) is 0 Å². The number of hydrogen-bond acceptors (Lipinski definition) is 3. The number of amides is 1. The molecule has 1 N–H and O–H groups in total. The molecule has 114 valence electrons. The number of piperidine rings is 2. The van der Waals surface area contributed by atoms with Crippen molar-refractivity contribution in [2.45, 2.75) is 38.1 Å². The summed E-state index contributed by atoms with van der Waals surface area (Å²) in [4.78, 5) is 17.0. The van der Waals surface area contributed by atoms with E-state index in [0.29, 0.717) is 11.6 Å². The van der Waals surface area contributed by atoms with E-state index < -0.39 is 0 Å². The summed E-state index contributed by atoms with van der Waals surface area (Å²) in [5.41, 5.74) is 0.589. The van der Waals surface area contributed by atoms with Crippen LogP contribution < -0.4 is 0 Å². The first-order valence-electron chi connectivity index (χ1n) is 8.06. The lowest BCUT2D eigenvalue weighted by Crippen LogP contribution is -2.48. The molecule has 0 radical (unpaired) electrons. The Bertz CT molecular complexity index is 489. The molecule has 0 aliphatic carbocycles. The summed E-state index contributed by atoms with van der Waals surface area (Å²) < 4.78 is 0. The van der Waals surface area contributed by atoms with Gasteiger partial charge in [-0.2, -0.15) is 0 Å². The zero-order chi connectivity index (χ0) is 14.7. The van der Waals surface area contributed by atoms with Crippen LogP contribution in [0.2, 0.25) is 0 Å². The van der Waals surface area contributed by atoms with E-state index in [4.69, 9.17) is 0 Å². The molecule has 0 atom stereocenters. The molecule has 1 aromatic carbocycles. The summed E-state index contributed by atoms with van der Waals surface area (Å²) in [5.74, 6) is 0.201. The Balaban J connectivity index is 1.56. The van der Waals surface area contributed by atoms with Crippen molar-refractivity contribution in [1.29, 1.82) is 0 Å². The smallest absolute Gasteiger partial charge is 0.253 e. The lowest BCUT2D eigenvalue weighted by Gasteiger charge is -2.40. The number of phenolic OH excluding ortho intramolecular Hbond substituents is 1. The minimum absolute atomic E-state index is 0.0444. The molecular formula is C17H24N2O2. The van der Waals surface area contributed by atoms with Crippen LogP contribution in [0.15, 0.2) is 24.3 Å². The van der Waals surface area contributed by atoms with E-state index in [0.717, 1.165) is 25.9 Å². The van der Waals surface area contributed by atoms with Gasteiger partial charge in [0.2, 0.25) is 0 Å². The number of carbonyl (C=O) groups is 1. The number of nitrogens with zero attached hydrogens (tertiary/aromatic N) is 2. The van der Waals surface area contributed by atoms with Gasteiger partial charge < -0.3 is 14.9 Å². The fourth-order valence-electron chi connectivity index (χ4n) is 3.54. The van der Waals surface area contributed by atoms with E-state index in [1.54, 1.807) is 24.3 Å². The summed E-state index contributed by atoms with van der Waals surface area (Å²) in [7, 11) is 0. The molecule has 0 spiro atoms. The van der Waals surface area contributed by atoms with Crippen LogP contribution in [0.25, 0.3) is 0 Å². The molecule has 4 heteroatoms. The zero-order valence-electron chi connectivity index (χ0n) is 12.5. The molecule has 21 heavy (non-hydrogen) atoms. The SMILES string of the molecule is O=C(c1cccc(O)c1)N1CCC(N2CCCCC2)CC1. The van der Waals surface area contributed by atoms with Gasteiger partial charge in [-0.15, -0.1) is 0 Å². The fourth-order valence-corrected chi connectivity index (χ4v) is 3.54. The van der Waals surface area contributed by atoms with Crippen molar-refractivity contribution in [1.82, 2.24) is 9.80 Å². The fraction of sp³-hybridized carbons (Fsp3) is 0.588. The lowest BCUT2D eigenvalue weighted by atomic mass is 9.99. The van der Waals surface area contributed by atoms with Crippen molar-refractivity contribution in [2.24, 2.45) is 0 Å². The first kappa shape index (κ1) is 14.4. The van der Waals surface area contributed by atoms with E-state index in [1.165, 1.54) is 32.4 Å². The molecule has 2 saturated heterocycles. The predicted molar refractivity (Wildman–Crippen MR) is 82.5 cm³/mol. The van der Waals surface area contributed by atoms with E-state index in [1.807, 2.05) is 4.90 Å². The molecule has 0 bridgehead atoms. The molecule has 2 fully saturated rings. The third-order valence-corrected chi connectivity index (χ3v) is 4.75. The Morgan fingerprint density at radius 1 is 1.05 bits per heavy atom. The maximum atomic E-state index is 12.4. The highest BCUT2D eigenvalue weighted by Gasteiger charge is 2.27. The standard InChI is InChI=1S/C17H24N2O2/c20-16-6-4-5-14(13-16)17(21)19-11-7-15(8-12-19)18-9-2-1-3-10-18/h4-6,13,15,20H,1-3,7-12H2. The second-order valence-electron chi connectivity index (χ2n) is 6.17. The molecule has 1 amide bonds. The molecule has 0 unspecified atom stereocenters. The number of rotatable bonds is 2. The second-order valence-corrected chi connectivity index (χ2v) is 6.17. The summed E-state index contributed by atoms with van der Waals surface area (Å²) in [5, 5.41) is 9.50. The van der Waals surface area contributed by atoms with Crippen molar-refractivity contribution in [2.75, 3.05) is 26.2 Å². The van der Waals surface area contributed by atoms with Gasteiger partial charge in [0, 0.05) is 24.7 Å². The topological polar surface area (TPSA) is 43.8 Å². The molecule has 4 nitrogen and oxygen atoms in total. The summed E-state index contributed by atoms with van der Waals surface area (Å²) in [6, 6.07) is 7.30. The van der Waals surface area contributed by atoms with Crippen molar-refractivity contribution in [3.63, 3.8) is 0 Å². The van der Waals surface area contributed by atoms with E-state index in [9.17, 15) is 9.90 Å². The van der Waals surface area contributed by atoms with Crippen molar-refractivity contribution in [3.05, 3.63) is 29.8 Å². The monoisotopic (exact) mass is 288 g/mol. The normalized spacial score (nSPS) is 21.4. The number of phenols is 1. The quantitative estimate of drug-likeness (QED) is 0.909. The van der Waals surface area contributed by atoms with Gasteiger partial charge in [-0.3, -0.25) is 4.79 Å². The minimum Gasteiger partial charge on any atom is -0.508 e. The first-order valence-corrected chi connectivity index (χ1v) is 8.06. The molecule has 2 aliphatic heterocycles. The van der Waals surface area contributed by atoms with Crippen molar-refractivity contribution in [3.8, 4) is 5.75 Å². The molecule has 0 saturated carbocycles. The summed E-state index contributed by atoms with van der Waals surface area (Å²) >= 11 is 0. The van der Waals surface area contributed by atoms with Crippen LogP contribution in [0.3, 0.4) is 0 Å². The van der Waals surface area contributed by atoms with Gasteiger partial charge in [-0.1, -0.05) is 12.5 Å².